The van der Waals surface area contributed by atoms with Crippen molar-refractivity contribution in [3.63, 3.8) is 0 Å². The maximum Gasteiger partial charge on any atom is 0.331 e. The van der Waals surface area contributed by atoms with Crippen molar-refractivity contribution >= 4 is 17.7 Å². The van der Waals surface area contributed by atoms with Crippen LogP contribution in [0.4, 0.5) is 0 Å². The average molecular weight is 496 g/mol. The van der Waals surface area contributed by atoms with Gasteiger partial charge in [-0.15, -0.1) is 0 Å². The van der Waals surface area contributed by atoms with Crippen molar-refractivity contribution in [1.82, 2.24) is 5.32 Å². The highest BCUT2D eigenvalue weighted by Gasteiger charge is 2.26. The van der Waals surface area contributed by atoms with E-state index in [-0.39, 0.29) is 30.8 Å². The van der Waals surface area contributed by atoms with Gasteiger partial charge in [0.05, 0.1) is 12.2 Å². The van der Waals surface area contributed by atoms with E-state index in [4.69, 9.17) is 9.47 Å². The fourth-order valence-electron chi connectivity index (χ4n) is 3.96. The summed E-state index contributed by atoms with van der Waals surface area (Å²) in [5.41, 5.74) is 2.67. The van der Waals surface area contributed by atoms with Gasteiger partial charge < -0.3 is 19.9 Å². The lowest BCUT2D eigenvalue weighted by atomic mass is 9.95. The molecular formula is C29H37NO6. The molecule has 0 spiro atoms. The Labute approximate surface area is 213 Å². The number of allylic oxidation sites excluding steroid dienone is 7. The molecule has 0 aromatic heterocycles. The molecule has 0 aromatic carbocycles. The molecule has 2 bridgehead atoms. The molecule has 0 aliphatic carbocycles. The molecule has 7 nitrogen and oxygen atoms in total. The number of hydrogen-bond acceptors (Lipinski definition) is 6. The number of hydrogen-bond donors (Lipinski definition) is 2. The molecule has 7 heteroatoms. The van der Waals surface area contributed by atoms with Gasteiger partial charge in [-0.25, -0.2) is 4.79 Å². The zero-order valence-corrected chi connectivity index (χ0v) is 21.3. The highest BCUT2D eigenvalue weighted by atomic mass is 16.6. The smallest absolute Gasteiger partial charge is 0.331 e. The standard InChI is InChI=1S/C29H37NO6/c1-5-6-7-13-27(32)30-29(34)26-19-22(4)18-25-17-21(3)16-24(35-25)12-9-11-23(31)15-20(2)10-8-14-28(33)36-26/h5-11,13-14,18,24-26,29,34H,3,12,15-17,19H2,1-2,4H3,(H,30,32)/b6-5+,11-9-,13-7-,14-8+,20-10-,22-18+/t24-,25-,26-,29-/m0/s1. The summed E-state index contributed by atoms with van der Waals surface area (Å²) in [7, 11) is 0. The third-order valence-corrected chi connectivity index (χ3v) is 5.60. The van der Waals surface area contributed by atoms with Crippen LogP contribution in [0.3, 0.4) is 0 Å². The van der Waals surface area contributed by atoms with Crippen LogP contribution in [0.2, 0.25) is 0 Å². The maximum atomic E-state index is 12.5. The quantitative estimate of drug-likeness (QED) is 0.198. The van der Waals surface area contributed by atoms with Gasteiger partial charge in [-0.1, -0.05) is 65.8 Å². The van der Waals surface area contributed by atoms with Crippen molar-refractivity contribution in [1.29, 1.82) is 0 Å². The number of aliphatic hydroxyl groups excluding tert-OH is 1. The van der Waals surface area contributed by atoms with Crippen molar-refractivity contribution in [3.05, 3.63) is 84.1 Å². The Morgan fingerprint density at radius 3 is 2.69 bits per heavy atom. The van der Waals surface area contributed by atoms with Crippen molar-refractivity contribution in [2.45, 2.75) is 77.4 Å². The van der Waals surface area contributed by atoms with Crippen LogP contribution in [-0.4, -0.2) is 47.3 Å². The molecule has 0 saturated carbocycles. The number of cyclic esters (lactones) is 1. The lowest BCUT2D eigenvalue weighted by molar-refractivity contribution is -0.151. The van der Waals surface area contributed by atoms with E-state index in [0.717, 1.165) is 23.1 Å². The second kappa shape index (κ2) is 15.0. The van der Waals surface area contributed by atoms with Crippen LogP contribution in [0, 0.1) is 0 Å². The third-order valence-electron chi connectivity index (χ3n) is 5.60. The summed E-state index contributed by atoms with van der Waals surface area (Å²) in [6, 6.07) is 0. The lowest BCUT2D eigenvalue weighted by Crippen LogP contribution is -2.44. The van der Waals surface area contributed by atoms with Gasteiger partial charge >= 0.3 is 5.97 Å². The van der Waals surface area contributed by atoms with Gasteiger partial charge in [0.25, 0.3) is 0 Å². The van der Waals surface area contributed by atoms with E-state index in [0.29, 0.717) is 12.8 Å². The summed E-state index contributed by atoms with van der Waals surface area (Å²) in [4.78, 5) is 36.8. The second-order valence-electron chi connectivity index (χ2n) is 9.14. The summed E-state index contributed by atoms with van der Waals surface area (Å²) < 4.78 is 11.7. The molecular weight excluding hydrogens is 458 g/mol. The van der Waals surface area contributed by atoms with Gasteiger partial charge in [-0.3, -0.25) is 9.59 Å². The molecule has 194 valence electrons. The molecule has 36 heavy (non-hydrogen) atoms. The monoisotopic (exact) mass is 495 g/mol. The average Bonchev–Trinajstić information content (AvgIpc) is 2.77. The fraction of sp³-hybridized carbons (Fsp3) is 0.414. The van der Waals surface area contributed by atoms with E-state index >= 15 is 0 Å². The van der Waals surface area contributed by atoms with Crippen LogP contribution in [0.1, 0.15) is 52.9 Å². The zero-order valence-electron chi connectivity index (χ0n) is 21.3. The molecule has 2 aliphatic rings. The van der Waals surface area contributed by atoms with Gasteiger partial charge in [-0.05, 0) is 46.1 Å². The number of ketones is 1. The molecule has 2 rings (SSSR count). The topological polar surface area (TPSA) is 102 Å². The number of rotatable bonds is 4. The molecule has 0 radical (unpaired) electrons. The summed E-state index contributed by atoms with van der Waals surface area (Å²) in [6.07, 6.45) is 15.6. The summed E-state index contributed by atoms with van der Waals surface area (Å²) in [5, 5.41) is 13.1. The molecule has 4 atom stereocenters. The number of esters is 1. The van der Waals surface area contributed by atoms with E-state index < -0.39 is 24.2 Å². The van der Waals surface area contributed by atoms with Crippen molar-refractivity contribution in [3.8, 4) is 0 Å². The van der Waals surface area contributed by atoms with Crippen LogP contribution in [-0.2, 0) is 23.9 Å². The third kappa shape index (κ3) is 11.0. The normalized spacial score (nSPS) is 30.3. The maximum absolute atomic E-state index is 12.5. The number of fused-ring (bicyclic) bond motifs is 2. The van der Waals surface area contributed by atoms with Crippen LogP contribution in [0.25, 0.3) is 0 Å². The first kappa shape index (κ1) is 28.9. The highest BCUT2D eigenvalue weighted by Crippen LogP contribution is 2.27. The van der Waals surface area contributed by atoms with Crippen LogP contribution in [0.15, 0.2) is 84.1 Å². The predicted molar refractivity (Wildman–Crippen MR) is 140 cm³/mol. The number of carbonyl (C=O) groups is 3. The van der Waals surface area contributed by atoms with Gasteiger partial charge in [0.15, 0.2) is 18.1 Å². The first-order valence-electron chi connectivity index (χ1n) is 12.2. The Bertz CT molecular complexity index is 997. The Hall–Kier alpha value is -3.29. The molecule has 2 aliphatic heterocycles. The van der Waals surface area contributed by atoms with Gasteiger partial charge in [0, 0.05) is 25.0 Å². The minimum atomic E-state index is -1.42. The van der Waals surface area contributed by atoms with Crippen LogP contribution in [0.5, 0.6) is 0 Å². The predicted octanol–water partition coefficient (Wildman–Crippen LogP) is 4.33. The minimum absolute atomic E-state index is 0.0369. The second-order valence-corrected chi connectivity index (χ2v) is 9.14. The molecule has 0 aromatic rings. The summed E-state index contributed by atoms with van der Waals surface area (Å²) >= 11 is 0. The van der Waals surface area contributed by atoms with E-state index in [1.165, 1.54) is 18.2 Å². The number of carbonyl (C=O) groups excluding carboxylic acids is 3. The van der Waals surface area contributed by atoms with E-state index in [2.05, 4.69) is 11.9 Å². The fourth-order valence-corrected chi connectivity index (χ4v) is 3.96. The number of amides is 1. The Morgan fingerprint density at radius 1 is 1.17 bits per heavy atom. The van der Waals surface area contributed by atoms with Gasteiger partial charge in [0.2, 0.25) is 5.91 Å². The van der Waals surface area contributed by atoms with E-state index in [1.54, 1.807) is 37.3 Å². The molecule has 2 heterocycles. The number of ether oxygens (including phenoxy) is 2. The molecule has 0 unspecified atom stereocenters. The zero-order chi connectivity index (χ0) is 26.5. The van der Waals surface area contributed by atoms with Crippen LogP contribution >= 0.6 is 0 Å². The van der Waals surface area contributed by atoms with E-state index in [1.807, 2.05) is 26.0 Å². The lowest BCUT2D eigenvalue weighted by Gasteiger charge is -2.30. The molecule has 1 saturated heterocycles. The number of nitrogens with one attached hydrogen (secondary N) is 1. The van der Waals surface area contributed by atoms with Gasteiger partial charge in [0.1, 0.15) is 0 Å². The van der Waals surface area contributed by atoms with Gasteiger partial charge in [-0.2, -0.15) is 0 Å². The van der Waals surface area contributed by atoms with Crippen molar-refractivity contribution < 1.29 is 29.0 Å². The van der Waals surface area contributed by atoms with E-state index in [9.17, 15) is 19.5 Å². The first-order valence-corrected chi connectivity index (χ1v) is 12.2. The number of aliphatic hydroxyl groups is 1. The van der Waals surface area contributed by atoms with Crippen LogP contribution < -0.4 is 5.32 Å². The Morgan fingerprint density at radius 2 is 1.94 bits per heavy atom. The summed E-state index contributed by atoms with van der Waals surface area (Å²) in [5.74, 6) is -1.23. The SMILES string of the molecule is C=C1C[C@@H]2C/C=C\C(=O)C/C(C)=C\C=C\C(=O)O[C@H]([C@H](O)NC(=O)/C=C\C=C\C)C/C(C)=C/[C@H](C1)O2. The molecule has 1 amide bonds. The van der Waals surface area contributed by atoms with Crippen molar-refractivity contribution in [2.75, 3.05) is 0 Å². The first-order chi connectivity index (χ1) is 17.2. The largest absolute Gasteiger partial charge is 0.454 e. The van der Waals surface area contributed by atoms with Crippen molar-refractivity contribution in [2.24, 2.45) is 0 Å². The summed E-state index contributed by atoms with van der Waals surface area (Å²) in [6.45, 7) is 9.61. The highest BCUT2D eigenvalue weighted by molar-refractivity contribution is 5.91. The Kier molecular flexibility index (Phi) is 12.0. The minimum Gasteiger partial charge on any atom is -0.454 e. The molecule has 2 N–H and O–H groups in total. The Balaban J connectivity index is 2.28. The molecule has 1 fully saturated rings.